The molecule has 0 saturated carbocycles. The average molecular weight is 514 g/mol. The van der Waals surface area contributed by atoms with Gasteiger partial charge >= 0.3 is 0 Å². The van der Waals surface area contributed by atoms with Gasteiger partial charge in [-0.15, -0.1) is 0 Å². The van der Waals surface area contributed by atoms with Crippen LogP contribution in [0.2, 0.25) is 0 Å². The minimum absolute atomic E-state index is 0.113. The van der Waals surface area contributed by atoms with E-state index in [-0.39, 0.29) is 5.41 Å². The van der Waals surface area contributed by atoms with E-state index in [4.69, 9.17) is 0 Å². The van der Waals surface area contributed by atoms with E-state index in [2.05, 4.69) is 170 Å². The topological polar surface area (TPSA) is 3.24 Å². The van der Waals surface area contributed by atoms with Crippen molar-refractivity contribution >= 4 is 39.0 Å². The average Bonchev–Trinajstić information content (AvgIpc) is 3.25. The van der Waals surface area contributed by atoms with E-state index >= 15 is 0 Å². The van der Waals surface area contributed by atoms with E-state index in [1.165, 1.54) is 49.9 Å². The Morgan fingerprint density at radius 3 is 1.85 bits per heavy atom. The fourth-order valence-electron chi connectivity index (χ4n) is 6.42. The molecule has 0 aromatic heterocycles. The molecule has 0 fully saturated rings. The fourth-order valence-corrected chi connectivity index (χ4v) is 6.42. The monoisotopic (exact) mass is 513 g/mol. The first-order chi connectivity index (χ1) is 19.6. The number of nitrogens with zero attached hydrogens (tertiary/aromatic N) is 1. The molecule has 40 heavy (non-hydrogen) atoms. The molecule has 0 atom stereocenters. The highest BCUT2D eigenvalue weighted by atomic mass is 15.1. The zero-order chi connectivity index (χ0) is 27.1. The first-order valence-electron chi connectivity index (χ1n) is 14.0. The highest BCUT2D eigenvalue weighted by Crippen LogP contribution is 2.53. The van der Waals surface area contributed by atoms with Gasteiger partial charge in [0, 0.05) is 22.2 Å². The van der Waals surface area contributed by atoms with Crippen LogP contribution in [0.5, 0.6) is 0 Å². The first-order valence-corrected chi connectivity index (χ1v) is 14.0. The highest BCUT2D eigenvalue weighted by molar-refractivity contribution is 6.07. The summed E-state index contributed by atoms with van der Waals surface area (Å²) in [6, 6.07) is 54.7. The van der Waals surface area contributed by atoms with Gasteiger partial charge in [-0.3, -0.25) is 0 Å². The lowest BCUT2D eigenvalue weighted by Gasteiger charge is -2.28. The van der Waals surface area contributed by atoms with Crippen molar-refractivity contribution in [1.82, 2.24) is 0 Å². The summed E-state index contributed by atoms with van der Waals surface area (Å²) in [5, 5.41) is 2.47. The Morgan fingerprint density at radius 2 is 1.07 bits per heavy atom. The third kappa shape index (κ3) is 3.94. The quantitative estimate of drug-likeness (QED) is 0.222. The maximum atomic E-state index is 2.37. The molecule has 6 aromatic carbocycles. The molecule has 0 saturated heterocycles. The van der Waals surface area contributed by atoms with Gasteiger partial charge in [0.1, 0.15) is 0 Å². The number of hydrogen-bond donors (Lipinski definition) is 0. The summed E-state index contributed by atoms with van der Waals surface area (Å²) in [7, 11) is 0. The number of para-hydroxylation sites is 1. The maximum Gasteiger partial charge on any atom is 0.0540 e. The Bertz CT molecular complexity index is 1840. The molecular formula is C39H31N. The third-order valence-corrected chi connectivity index (χ3v) is 8.24. The van der Waals surface area contributed by atoms with E-state index in [0.717, 1.165) is 11.4 Å². The van der Waals surface area contributed by atoms with Crippen LogP contribution < -0.4 is 4.90 Å². The van der Waals surface area contributed by atoms with Crippen LogP contribution in [0.25, 0.3) is 21.9 Å². The summed E-state index contributed by atoms with van der Waals surface area (Å²) in [6.45, 7) is 4.72. The highest BCUT2D eigenvalue weighted by Gasteiger charge is 2.38. The van der Waals surface area contributed by atoms with Crippen LogP contribution in [-0.2, 0) is 5.41 Å². The Hall–Kier alpha value is -4.88. The molecule has 0 amide bonds. The molecule has 1 aliphatic carbocycles. The van der Waals surface area contributed by atoms with Gasteiger partial charge in [0.2, 0.25) is 0 Å². The number of allylic oxidation sites excluding steroid dienone is 1. The predicted octanol–water partition coefficient (Wildman–Crippen LogP) is 10.6. The maximum absolute atomic E-state index is 2.37. The van der Waals surface area contributed by atoms with Crippen molar-refractivity contribution in [2.45, 2.75) is 19.3 Å². The smallest absolute Gasteiger partial charge is 0.0540 e. The van der Waals surface area contributed by atoms with Crippen LogP contribution in [0.4, 0.5) is 17.1 Å². The van der Waals surface area contributed by atoms with Crippen molar-refractivity contribution in [3.8, 4) is 0 Å². The predicted molar refractivity (Wildman–Crippen MR) is 170 cm³/mol. The molecule has 0 spiro atoms. The van der Waals surface area contributed by atoms with E-state index in [9.17, 15) is 0 Å². The van der Waals surface area contributed by atoms with Gasteiger partial charge in [-0.2, -0.15) is 0 Å². The third-order valence-electron chi connectivity index (χ3n) is 8.24. The van der Waals surface area contributed by atoms with Gasteiger partial charge < -0.3 is 4.90 Å². The first kappa shape index (κ1) is 24.2. The van der Waals surface area contributed by atoms with Crippen LogP contribution in [0, 0.1) is 0 Å². The van der Waals surface area contributed by atoms with Crippen molar-refractivity contribution in [3.05, 3.63) is 174 Å². The second kappa shape index (κ2) is 9.70. The molecule has 0 aliphatic heterocycles. The van der Waals surface area contributed by atoms with Gasteiger partial charge in [-0.1, -0.05) is 135 Å². The lowest BCUT2D eigenvalue weighted by molar-refractivity contribution is 0.704. The van der Waals surface area contributed by atoms with Gasteiger partial charge in [-0.05, 0) is 69.1 Å². The zero-order valence-electron chi connectivity index (χ0n) is 22.9. The minimum atomic E-state index is -0.113. The number of hydrogen-bond acceptors (Lipinski definition) is 1. The molecule has 0 unspecified atom stereocenters. The normalized spacial score (nSPS) is 13.8. The molecule has 1 heteroatoms. The molecule has 0 bridgehead atoms. The van der Waals surface area contributed by atoms with E-state index in [1.807, 2.05) is 0 Å². The van der Waals surface area contributed by atoms with Crippen molar-refractivity contribution < 1.29 is 0 Å². The Kier molecular flexibility index (Phi) is 5.86. The molecule has 1 nitrogen and oxygen atoms in total. The molecule has 0 heterocycles. The largest absolute Gasteiger partial charge is 0.310 e. The lowest BCUT2D eigenvalue weighted by Crippen LogP contribution is -2.16. The van der Waals surface area contributed by atoms with Crippen LogP contribution in [0.3, 0.4) is 0 Å². The SMILES string of the molecule is CC1(C)C(c2ccc(N(c3ccccc3)c3cccc4ccccc34)cc2)=C(c2ccccc2)c2ccccc21. The Balaban J connectivity index is 1.40. The van der Waals surface area contributed by atoms with Gasteiger partial charge in [0.25, 0.3) is 0 Å². The van der Waals surface area contributed by atoms with Crippen molar-refractivity contribution in [2.75, 3.05) is 4.90 Å². The summed E-state index contributed by atoms with van der Waals surface area (Å²) in [4.78, 5) is 2.37. The van der Waals surface area contributed by atoms with E-state index < -0.39 is 0 Å². The zero-order valence-corrected chi connectivity index (χ0v) is 22.9. The van der Waals surface area contributed by atoms with Crippen molar-refractivity contribution in [2.24, 2.45) is 0 Å². The summed E-state index contributed by atoms with van der Waals surface area (Å²) in [6.07, 6.45) is 0. The second-order valence-electron chi connectivity index (χ2n) is 11.0. The summed E-state index contributed by atoms with van der Waals surface area (Å²) in [5.74, 6) is 0. The van der Waals surface area contributed by atoms with Crippen LogP contribution in [0.15, 0.2) is 152 Å². The lowest BCUT2D eigenvalue weighted by atomic mass is 9.78. The summed E-state index contributed by atoms with van der Waals surface area (Å²) < 4.78 is 0. The fraction of sp³-hybridized carbons (Fsp3) is 0.0769. The molecule has 6 aromatic rings. The Morgan fingerprint density at radius 1 is 0.475 bits per heavy atom. The second-order valence-corrected chi connectivity index (χ2v) is 11.0. The van der Waals surface area contributed by atoms with E-state index in [1.54, 1.807) is 0 Å². The molecule has 192 valence electrons. The number of anilines is 3. The van der Waals surface area contributed by atoms with Crippen LogP contribution >= 0.6 is 0 Å². The van der Waals surface area contributed by atoms with Gasteiger partial charge in [0.15, 0.2) is 0 Å². The summed E-state index contributed by atoms with van der Waals surface area (Å²) >= 11 is 0. The van der Waals surface area contributed by atoms with Gasteiger partial charge in [0.05, 0.1) is 5.69 Å². The number of rotatable bonds is 5. The molecule has 0 N–H and O–H groups in total. The molecule has 1 aliphatic rings. The van der Waals surface area contributed by atoms with Crippen LogP contribution in [-0.4, -0.2) is 0 Å². The van der Waals surface area contributed by atoms with Crippen molar-refractivity contribution in [1.29, 1.82) is 0 Å². The molecular weight excluding hydrogens is 482 g/mol. The minimum Gasteiger partial charge on any atom is -0.310 e. The molecule has 0 radical (unpaired) electrons. The number of benzene rings is 6. The van der Waals surface area contributed by atoms with Crippen LogP contribution in [0.1, 0.15) is 36.1 Å². The molecule has 7 rings (SSSR count). The number of fused-ring (bicyclic) bond motifs is 2. The van der Waals surface area contributed by atoms with E-state index in [0.29, 0.717) is 0 Å². The summed E-state index contributed by atoms with van der Waals surface area (Å²) in [5.41, 5.74) is 11.3. The Labute approximate surface area is 236 Å². The van der Waals surface area contributed by atoms with Crippen molar-refractivity contribution in [3.63, 3.8) is 0 Å². The van der Waals surface area contributed by atoms with Gasteiger partial charge in [-0.25, -0.2) is 0 Å². The standard InChI is InChI=1S/C39H31N/c1-39(2)35-22-12-11-21-34(35)37(29-15-5-3-6-16-29)38(39)30-24-26-32(27-25-30)40(31-18-7-4-8-19-31)36-23-13-17-28-14-9-10-20-33(28)36/h3-27H,1-2H3.